The lowest BCUT2D eigenvalue weighted by atomic mass is 9.89. The van der Waals surface area contributed by atoms with E-state index in [1.54, 1.807) is 19.2 Å². The molecular formula is C22H24O9. The van der Waals surface area contributed by atoms with Gasteiger partial charge in [0.25, 0.3) is 0 Å². The van der Waals surface area contributed by atoms with Gasteiger partial charge in [0, 0.05) is 23.3 Å². The predicted octanol–water partition coefficient (Wildman–Crippen LogP) is 0.484. The smallest absolute Gasteiger partial charge is 0.229 e. The Morgan fingerprint density at radius 3 is 2.45 bits per heavy atom. The molecule has 0 bridgehead atoms. The summed E-state index contributed by atoms with van der Waals surface area (Å²) in [5.74, 6) is 2.49. The Labute approximate surface area is 178 Å². The van der Waals surface area contributed by atoms with Crippen molar-refractivity contribution in [1.29, 1.82) is 0 Å². The summed E-state index contributed by atoms with van der Waals surface area (Å²) in [6.07, 6.45) is -6.94. The summed E-state index contributed by atoms with van der Waals surface area (Å²) >= 11 is 0. The minimum Gasteiger partial charge on any atom is -0.497 e. The summed E-state index contributed by atoms with van der Waals surface area (Å²) in [6, 6.07) is 10.9. The molecule has 2 aromatic carbocycles. The van der Waals surface area contributed by atoms with Crippen LogP contribution in [0.25, 0.3) is 0 Å². The van der Waals surface area contributed by atoms with Crippen molar-refractivity contribution in [2.75, 3.05) is 20.3 Å². The van der Waals surface area contributed by atoms with Gasteiger partial charge in [-0.25, -0.2) is 0 Å². The largest absolute Gasteiger partial charge is 0.497 e. The lowest BCUT2D eigenvalue weighted by Gasteiger charge is -2.39. The molecule has 0 saturated carbocycles. The second-order valence-corrected chi connectivity index (χ2v) is 7.87. The highest BCUT2D eigenvalue weighted by atomic mass is 16.7. The number of aliphatic hydroxyl groups is 4. The molecule has 0 amide bonds. The zero-order valence-corrected chi connectivity index (χ0v) is 16.7. The molecule has 0 radical (unpaired) electrons. The van der Waals surface area contributed by atoms with Crippen molar-refractivity contribution in [1.82, 2.24) is 0 Å². The number of benzene rings is 2. The number of hydrogen-bond acceptors (Lipinski definition) is 9. The molecule has 3 aliphatic rings. The minimum absolute atomic E-state index is 0.0608. The van der Waals surface area contributed by atoms with Crippen LogP contribution in [0.15, 0.2) is 36.4 Å². The molecular weight excluding hydrogens is 408 g/mol. The molecule has 0 aromatic heterocycles. The molecule has 4 N–H and O–H groups in total. The van der Waals surface area contributed by atoms with Crippen LogP contribution >= 0.6 is 0 Å². The van der Waals surface area contributed by atoms with Crippen LogP contribution in [0.2, 0.25) is 0 Å². The van der Waals surface area contributed by atoms with Gasteiger partial charge >= 0.3 is 0 Å². The van der Waals surface area contributed by atoms with Crippen LogP contribution in [0.4, 0.5) is 0 Å². The van der Waals surface area contributed by atoms with E-state index in [-0.39, 0.29) is 12.0 Å². The molecule has 9 heteroatoms. The van der Waals surface area contributed by atoms with Gasteiger partial charge in [0.1, 0.15) is 53.5 Å². The lowest BCUT2D eigenvalue weighted by molar-refractivity contribution is -0.277. The van der Waals surface area contributed by atoms with Crippen molar-refractivity contribution in [3.63, 3.8) is 0 Å². The van der Waals surface area contributed by atoms with Crippen LogP contribution < -0.4 is 18.9 Å². The molecule has 7 atom stereocenters. The van der Waals surface area contributed by atoms with Gasteiger partial charge in [-0.2, -0.15) is 0 Å². The van der Waals surface area contributed by atoms with Gasteiger partial charge in [0.2, 0.25) is 6.29 Å². The van der Waals surface area contributed by atoms with Crippen molar-refractivity contribution in [2.24, 2.45) is 0 Å². The summed E-state index contributed by atoms with van der Waals surface area (Å²) in [7, 11) is 1.61. The van der Waals surface area contributed by atoms with E-state index in [0.29, 0.717) is 18.1 Å². The van der Waals surface area contributed by atoms with Gasteiger partial charge in [0.15, 0.2) is 0 Å². The molecule has 3 heterocycles. The fraction of sp³-hybridized carbons (Fsp3) is 0.455. The first-order valence-electron chi connectivity index (χ1n) is 10.1. The molecule has 2 aromatic rings. The van der Waals surface area contributed by atoms with Crippen molar-refractivity contribution in [2.45, 2.75) is 42.7 Å². The first kappa shape index (κ1) is 20.3. The van der Waals surface area contributed by atoms with Crippen LogP contribution in [0.1, 0.15) is 23.1 Å². The van der Waals surface area contributed by atoms with Gasteiger partial charge in [-0.1, -0.05) is 6.07 Å². The van der Waals surface area contributed by atoms with Crippen molar-refractivity contribution >= 4 is 0 Å². The Balaban J connectivity index is 1.36. The summed E-state index contributed by atoms with van der Waals surface area (Å²) in [5.41, 5.74) is 1.94. The maximum absolute atomic E-state index is 10.2. The Morgan fingerprint density at radius 2 is 1.68 bits per heavy atom. The highest BCUT2D eigenvalue weighted by Crippen LogP contribution is 2.52. The summed E-state index contributed by atoms with van der Waals surface area (Å²) in [4.78, 5) is 0. The fourth-order valence-electron chi connectivity index (χ4n) is 4.32. The van der Waals surface area contributed by atoms with Crippen molar-refractivity contribution in [3.05, 3.63) is 47.5 Å². The van der Waals surface area contributed by atoms with Gasteiger partial charge in [-0.05, 0) is 18.2 Å². The predicted molar refractivity (Wildman–Crippen MR) is 105 cm³/mol. The van der Waals surface area contributed by atoms with Crippen molar-refractivity contribution in [3.8, 4) is 23.0 Å². The van der Waals surface area contributed by atoms with E-state index >= 15 is 0 Å². The molecule has 0 spiro atoms. The van der Waals surface area contributed by atoms with E-state index in [0.717, 1.165) is 22.6 Å². The Bertz CT molecular complexity index is 962. The van der Waals surface area contributed by atoms with Crippen LogP contribution in [-0.4, -0.2) is 71.5 Å². The Morgan fingerprint density at radius 1 is 0.935 bits per heavy atom. The third kappa shape index (κ3) is 3.38. The molecule has 0 aliphatic carbocycles. The van der Waals surface area contributed by atoms with Crippen LogP contribution in [0.5, 0.6) is 23.0 Å². The third-order valence-corrected chi connectivity index (χ3v) is 6.05. The Hall–Kier alpha value is -2.56. The first-order valence-corrected chi connectivity index (χ1v) is 10.1. The maximum Gasteiger partial charge on any atom is 0.229 e. The number of aliphatic hydroxyl groups excluding tert-OH is 4. The zero-order valence-electron chi connectivity index (χ0n) is 16.7. The van der Waals surface area contributed by atoms with Gasteiger partial charge in [-0.3, -0.25) is 0 Å². The highest BCUT2D eigenvalue weighted by molar-refractivity contribution is 5.52. The van der Waals surface area contributed by atoms with Crippen molar-refractivity contribution < 1.29 is 44.1 Å². The molecule has 1 fully saturated rings. The van der Waals surface area contributed by atoms with E-state index in [9.17, 15) is 20.4 Å². The van der Waals surface area contributed by atoms with E-state index < -0.39 is 37.3 Å². The fourth-order valence-corrected chi connectivity index (χ4v) is 4.32. The van der Waals surface area contributed by atoms with Gasteiger partial charge < -0.3 is 44.1 Å². The maximum atomic E-state index is 10.2. The van der Waals surface area contributed by atoms with E-state index in [1.807, 2.05) is 24.3 Å². The molecule has 166 valence electrons. The number of hydrogen-bond donors (Lipinski definition) is 4. The monoisotopic (exact) mass is 432 g/mol. The summed E-state index contributed by atoms with van der Waals surface area (Å²) in [6.45, 7) is -0.0929. The standard InChI is InChI=1S/C22H24O9/c1-27-10-2-4-12-14-9-28-15-7-11(3-5-13(15)21(14)30-16(12)6-10)29-22-20(26)19(25)18(24)17(8-23)31-22/h2-7,14,17-26H,8-9H2,1H3. The molecule has 1 saturated heterocycles. The quantitative estimate of drug-likeness (QED) is 0.546. The molecule has 3 aliphatic heterocycles. The van der Waals surface area contributed by atoms with Crippen LogP contribution in [0, 0.1) is 0 Å². The second kappa shape index (κ2) is 7.85. The molecule has 5 rings (SSSR count). The third-order valence-electron chi connectivity index (χ3n) is 6.05. The lowest BCUT2D eigenvalue weighted by Crippen LogP contribution is -2.60. The summed E-state index contributed by atoms with van der Waals surface area (Å²) in [5, 5.41) is 39.4. The Kier molecular flexibility index (Phi) is 5.15. The van der Waals surface area contributed by atoms with E-state index in [4.69, 9.17) is 23.7 Å². The molecule has 9 nitrogen and oxygen atoms in total. The molecule has 31 heavy (non-hydrogen) atoms. The second-order valence-electron chi connectivity index (χ2n) is 7.87. The average molecular weight is 432 g/mol. The minimum atomic E-state index is -1.51. The normalized spacial score (nSPS) is 33.4. The summed E-state index contributed by atoms with van der Waals surface area (Å²) < 4.78 is 28.5. The average Bonchev–Trinajstić information content (AvgIpc) is 3.17. The topological polar surface area (TPSA) is 127 Å². The number of methoxy groups -OCH3 is 1. The highest BCUT2D eigenvalue weighted by Gasteiger charge is 2.45. The van der Waals surface area contributed by atoms with Crippen LogP contribution in [0.3, 0.4) is 0 Å². The van der Waals surface area contributed by atoms with E-state index in [1.165, 1.54) is 0 Å². The van der Waals surface area contributed by atoms with E-state index in [2.05, 4.69) is 0 Å². The number of rotatable bonds is 4. The SMILES string of the molecule is COc1ccc2c(c1)OC1c3ccc(OC4OC(CO)C(O)C(O)C4O)cc3OCC21. The number of fused-ring (bicyclic) bond motifs is 5. The first-order chi connectivity index (χ1) is 15.0. The molecule has 7 unspecified atom stereocenters. The van der Waals surface area contributed by atoms with Gasteiger partial charge in [-0.15, -0.1) is 0 Å². The number of ether oxygens (including phenoxy) is 5. The zero-order chi connectivity index (χ0) is 21.7. The van der Waals surface area contributed by atoms with Crippen LogP contribution in [-0.2, 0) is 4.74 Å². The van der Waals surface area contributed by atoms with Gasteiger partial charge in [0.05, 0.1) is 26.2 Å².